The summed E-state index contributed by atoms with van der Waals surface area (Å²) in [6, 6.07) is 20.2. The van der Waals surface area contributed by atoms with E-state index < -0.39 is 5.41 Å². The molecule has 3 aromatic rings. The molecule has 0 atom stereocenters. The second kappa shape index (κ2) is 8.30. The van der Waals surface area contributed by atoms with Crippen molar-refractivity contribution in [3.8, 4) is 11.3 Å². The second-order valence-corrected chi connectivity index (χ2v) is 7.90. The van der Waals surface area contributed by atoms with E-state index in [2.05, 4.69) is 22.8 Å². The van der Waals surface area contributed by atoms with E-state index in [0.717, 1.165) is 22.2 Å². The number of rotatable bonds is 6. The smallest absolute Gasteiger partial charge is 0.240 e. The van der Waals surface area contributed by atoms with Crippen LogP contribution in [0.5, 0.6) is 0 Å². The third kappa shape index (κ3) is 4.60. The molecule has 0 spiro atoms. The molecule has 2 amide bonds. The molecular weight excluding hydrogens is 350 g/mol. The minimum atomic E-state index is -0.432. The standard InChI is InChI=1S/C23H27N3O2/c1-23(2,3)22(28)25-14-13-24-21(27)16-26-19-12-8-7-11-18(19)15-20(26)17-9-5-4-6-10-17/h4-12,15H,13-14,16H2,1-3H3,(H,24,27)(H,25,28). The maximum atomic E-state index is 12.5. The molecule has 0 saturated heterocycles. The Hall–Kier alpha value is -3.08. The van der Waals surface area contributed by atoms with Gasteiger partial charge in [0.2, 0.25) is 11.8 Å². The molecule has 0 aliphatic carbocycles. The number of hydrogen-bond acceptors (Lipinski definition) is 2. The number of amides is 2. The van der Waals surface area contributed by atoms with Gasteiger partial charge in [-0.1, -0.05) is 69.3 Å². The number of hydrogen-bond donors (Lipinski definition) is 2. The minimum Gasteiger partial charge on any atom is -0.354 e. The third-order valence-electron chi connectivity index (χ3n) is 4.60. The molecular formula is C23H27N3O2. The Bertz CT molecular complexity index is 968. The number of carbonyl (C=O) groups excluding carboxylic acids is 2. The Balaban J connectivity index is 1.70. The third-order valence-corrected chi connectivity index (χ3v) is 4.60. The van der Waals surface area contributed by atoms with Crippen molar-refractivity contribution in [2.24, 2.45) is 5.41 Å². The van der Waals surface area contributed by atoms with Crippen molar-refractivity contribution in [3.05, 3.63) is 60.7 Å². The van der Waals surface area contributed by atoms with E-state index in [-0.39, 0.29) is 18.4 Å². The van der Waals surface area contributed by atoms with Gasteiger partial charge in [-0.05, 0) is 17.7 Å². The number of fused-ring (bicyclic) bond motifs is 1. The van der Waals surface area contributed by atoms with Gasteiger partial charge in [0.25, 0.3) is 0 Å². The first kappa shape index (κ1) is 19.7. The topological polar surface area (TPSA) is 63.1 Å². The van der Waals surface area contributed by atoms with E-state index in [4.69, 9.17) is 0 Å². The first-order chi connectivity index (χ1) is 13.4. The normalized spacial score (nSPS) is 11.4. The molecule has 2 N–H and O–H groups in total. The van der Waals surface area contributed by atoms with Gasteiger partial charge in [-0.2, -0.15) is 0 Å². The van der Waals surface area contributed by atoms with Gasteiger partial charge in [-0.3, -0.25) is 9.59 Å². The predicted molar refractivity (Wildman–Crippen MR) is 113 cm³/mol. The van der Waals surface area contributed by atoms with Crippen LogP contribution in [-0.2, 0) is 16.1 Å². The summed E-state index contributed by atoms with van der Waals surface area (Å²) >= 11 is 0. The molecule has 146 valence electrons. The first-order valence-electron chi connectivity index (χ1n) is 9.55. The number of aromatic nitrogens is 1. The Morgan fingerprint density at radius 2 is 1.54 bits per heavy atom. The van der Waals surface area contributed by atoms with Crippen LogP contribution in [0.15, 0.2) is 60.7 Å². The van der Waals surface area contributed by atoms with Crippen molar-refractivity contribution in [1.82, 2.24) is 15.2 Å². The number of nitrogens with one attached hydrogen (secondary N) is 2. The van der Waals surface area contributed by atoms with Gasteiger partial charge < -0.3 is 15.2 Å². The van der Waals surface area contributed by atoms with Crippen LogP contribution in [0.2, 0.25) is 0 Å². The van der Waals surface area contributed by atoms with Crippen LogP contribution < -0.4 is 10.6 Å². The molecule has 1 aromatic heterocycles. The molecule has 3 rings (SSSR count). The fourth-order valence-electron chi connectivity index (χ4n) is 3.07. The number of benzene rings is 2. The minimum absolute atomic E-state index is 0.0236. The fraction of sp³-hybridized carbons (Fsp3) is 0.304. The lowest BCUT2D eigenvalue weighted by atomic mass is 9.96. The van der Waals surface area contributed by atoms with Crippen LogP contribution in [0.1, 0.15) is 20.8 Å². The van der Waals surface area contributed by atoms with Crippen molar-refractivity contribution >= 4 is 22.7 Å². The zero-order chi connectivity index (χ0) is 20.1. The quantitative estimate of drug-likeness (QED) is 0.645. The molecule has 5 nitrogen and oxygen atoms in total. The average molecular weight is 377 g/mol. The van der Waals surface area contributed by atoms with E-state index in [1.807, 2.05) is 73.9 Å². The monoisotopic (exact) mass is 377 g/mol. The number of nitrogens with zero attached hydrogens (tertiary/aromatic N) is 1. The van der Waals surface area contributed by atoms with E-state index in [1.54, 1.807) is 0 Å². The zero-order valence-electron chi connectivity index (χ0n) is 16.7. The Morgan fingerprint density at radius 3 is 2.25 bits per heavy atom. The molecule has 0 bridgehead atoms. The zero-order valence-corrected chi connectivity index (χ0v) is 16.7. The summed E-state index contributed by atoms with van der Waals surface area (Å²) < 4.78 is 2.04. The summed E-state index contributed by atoms with van der Waals surface area (Å²) in [4.78, 5) is 24.4. The maximum Gasteiger partial charge on any atom is 0.240 e. The average Bonchev–Trinajstić information content (AvgIpc) is 3.03. The van der Waals surface area contributed by atoms with Crippen LogP contribution in [0.3, 0.4) is 0 Å². The largest absolute Gasteiger partial charge is 0.354 e. The highest BCUT2D eigenvalue weighted by molar-refractivity contribution is 5.89. The lowest BCUT2D eigenvalue weighted by Gasteiger charge is -2.17. The molecule has 0 aliphatic rings. The molecule has 0 fully saturated rings. The van der Waals surface area contributed by atoms with Crippen LogP contribution in [-0.4, -0.2) is 29.5 Å². The van der Waals surface area contributed by atoms with E-state index in [9.17, 15) is 9.59 Å². The lowest BCUT2D eigenvalue weighted by Crippen LogP contribution is -2.40. The molecule has 5 heteroatoms. The number of carbonyl (C=O) groups is 2. The Kier molecular flexibility index (Phi) is 5.83. The van der Waals surface area contributed by atoms with Gasteiger partial charge in [-0.15, -0.1) is 0 Å². The van der Waals surface area contributed by atoms with Gasteiger partial charge in [0.15, 0.2) is 0 Å². The van der Waals surface area contributed by atoms with E-state index in [0.29, 0.717) is 13.1 Å². The molecule has 28 heavy (non-hydrogen) atoms. The fourth-order valence-corrected chi connectivity index (χ4v) is 3.07. The summed E-state index contributed by atoms with van der Waals surface area (Å²) in [6.07, 6.45) is 0. The summed E-state index contributed by atoms with van der Waals surface area (Å²) in [7, 11) is 0. The maximum absolute atomic E-state index is 12.5. The van der Waals surface area contributed by atoms with Gasteiger partial charge in [0, 0.05) is 35.1 Å². The Morgan fingerprint density at radius 1 is 0.893 bits per heavy atom. The predicted octanol–water partition coefficient (Wildman–Crippen LogP) is 3.59. The van der Waals surface area contributed by atoms with Crippen molar-refractivity contribution in [1.29, 1.82) is 0 Å². The summed E-state index contributed by atoms with van der Waals surface area (Å²) in [5.41, 5.74) is 2.68. The van der Waals surface area contributed by atoms with Gasteiger partial charge in [0.1, 0.15) is 6.54 Å². The molecule has 0 radical (unpaired) electrons. The van der Waals surface area contributed by atoms with Crippen molar-refractivity contribution in [2.75, 3.05) is 13.1 Å². The molecule has 2 aromatic carbocycles. The van der Waals surface area contributed by atoms with Crippen LogP contribution in [0.4, 0.5) is 0 Å². The summed E-state index contributed by atoms with van der Waals surface area (Å²) in [5, 5.41) is 6.84. The molecule has 0 aliphatic heterocycles. The van der Waals surface area contributed by atoms with Crippen LogP contribution in [0, 0.1) is 5.41 Å². The van der Waals surface area contributed by atoms with E-state index in [1.165, 1.54) is 0 Å². The molecule has 0 unspecified atom stereocenters. The lowest BCUT2D eigenvalue weighted by molar-refractivity contribution is -0.128. The molecule has 0 saturated carbocycles. The summed E-state index contributed by atoms with van der Waals surface area (Å²) in [5.74, 6) is -0.104. The van der Waals surface area contributed by atoms with E-state index >= 15 is 0 Å². The van der Waals surface area contributed by atoms with Crippen molar-refractivity contribution in [2.45, 2.75) is 27.3 Å². The highest BCUT2D eigenvalue weighted by Gasteiger charge is 2.20. The van der Waals surface area contributed by atoms with Crippen LogP contribution in [0.25, 0.3) is 22.2 Å². The van der Waals surface area contributed by atoms with Gasteiger partial charge >= 0.3 is 0 Å². The SMILES string of the molecule is CC(C)(C)C(=O)NCCNC(=O)Cn1c(-c2ccccc2)cc2ccccc21. The van der Waals surface area contributed by atoms with Gasteiger partial charge in [0.05, 0.1) is 0 Å². The highest BCUT2D eigenvalue weighted by atomic mass is 16.2. The highest BCUT2D eigenvalue weighted by Crippen LogP contribution is 2.28. The van der Waals surface area contributed by atoms with Crippen molar-refractivity contribution < 1.29 is 9.59 Å². The van der Waals surface area contributed by atoms with Gasteiger partial charge in [-0.25, -0.2) is 0 Å². The van der Waals surface area contributed by atoms with Crippen molar-refractivity contribution in [3.63, 3.8) is 0 Å². The number of para-hydroxylation sites is 1. The second-order valence-electron chi connectivity index (χ2n) is 7.90. The van der Waals surface area contributed by atoms with Crippen LogP contribution >= 0.6 is 0 Å². The first-order valence-corrected chi connectivity index (χ1v) is 9.55. The Labute approximate surface area is 165 Å². The molecule has 1 heterocycles. The summed E-state index contributed by atoms with van der Waals surface area (Å²) in [6.45, 7) is 6.64.